The minimum absolute atomic E-state index is 0.158. The average Bonchev–Trinajstić information content (AvgIpc) is 2.81. The van der Waals surface area contributed by atoms with E-state index in [1.807, 2.05) is 0 Å². The first-order chi connectivity index (χ1) is 8.78. The molecule has 1 N–H and O–H groups in total. The first-order valence-electron chi connectivity index (χ1n) is 7.24. The van der Waals surface area contributed by atoms with E-state index in [2.05, 4.69) is 36.9 Å². The monoisotopic (exact) mass is 247 g/mol. The highest BCUT2D eigenvalue weighted by Crippen LogP contribution is 2.27. The minimum Gasteiger partial charge on any atom is -0.392 e. The van der Waals surface area contributed by atoms with Gasteiger partial charge in [0.2, 0.25) is 0 Å². The van der Waals surface area contributed by atoms with E-state index in [4.69, 9.17) is 0 Å². The van der Waals surface area contributed by atoms with Crippen LogP contribution < -0.4 is 0 Å². The Morgan fingerprint density at radius 3 is 2.39 bits per heavy atom. The third-order valence-corrected chi connectivity index (χ3v) is 3.90. The molecular weight excluding hydrogens is 222 g/mol. The van der Waals surface area contributed by atoms with Crippen molar-refractivity contribution in [3.05, 3.63) is 34.9 Å². The molecule has 0 aromatic heterocycles. The van der Waals surface area contributed by atoms with Crippen LogP contribution in [0, 0.1) is 0 Å². The Morgan fingerprint density at radius 1 is 1.11 bits per heavy atom. The van der Waals surface area contributed by atoms with Crippen molar-refractivity contribution in [3.63, 3.8) is 0 Å². The molecule has 0 saturated carbocycles. The molecule has 1 aliphatic rings. The molecule has 2 rings (SSSR count). The lowest BCUT2D eigenvalue weighted by Gasteiger charge is -2.27. The maximum absolute atomic E-state index is 9.20. The summed E-state index contributed by atoms with van der Waals surface area (Å²) in [6.07, 6.45) is 4.80. The van der Waals surface area contributed by atoms with Gasteiger partial charge in [-0.2, -0.15) is 0 Å². The maximum atomic E-state index is 9.20. The minimum atomic E-state index is 0.158. The standard InChI is InChI=1S/C16H25NO/c1-3-7-17(8-4-2)16-10-14-6-5-13(12-18)9-15(14)11-16/h5-6,9,16,18H,3-4,7-8,10-12H2,1-2H3/t16-/m1/s1. The fourth-order valence-electron chi connectivity index (χ4n) is 3.06. The Balaban J connectivity index is 2.07. The van der Waals surface area contributed by atoms with Crippen molar-refractivity contribution in [3.8, 4) is 0 Å². The topological polar surface area (TPSA) is 23.5 Å². The summed E-state index contributed by atoms with van der Waals surface area (Å²) in [6.45, 7) is 7.09. The van der Waals surface area contributed by atoms with E-state index in [1.165, 1.54) is 43.5 Å². The zero-order valence-electron chi connectivity index (χ0n) is 11.7. The summed E-state index contributed by atoms with van der Waals surface area (Å²) in [6, 6.07) is 7.13. The van der Waals surface area contributed by atoms with Crippen molar-refractivity contribution >= 4 is 0 Å². The second-order valence-corrected chi connectivity index (χ2v) is 5.36. The van der Waals surface area contributed by atoms with Gasteiger partial charge in [-0.3, -0.25) is 4.90 Å². The van der Waals surface area contributed by atoms with E-state index in [1.54, 1.807) is 0 Å². The number of benzene rings is 1. The maximum Gasteiger partial charge on any atom is 0.0681 e. The molecule has 0 amide bonds. The molecule has 0 unspecified atom stereocenters. The number of aliphatic hydroxyl groups is 1. The molecule has 1 aromatic rings. The normalized spacial score (nSPS) is 18.3. The molecule has 0 saturated heterocycles. The van der Waals surface area contributed by atoms with E-state index in [9.17, 15) is 5.11 Å². The first-order valence-corrected chi connectivity index (χ1v) is 7.24. The number of rotatable bonds is 6. The van der Waals surface area contributed by atoms with Crippen LogP contribution in [0.25, 0.3) is 0 Å². The highest BCUT2D eigenvalue weighted by atomic mass is 16.3. The lowest BCUT2D eigenvalue weighted by atomic mass is 10.1. The zero-order valence-corrected chi connectivity index (χ0v) is 11.7. The lowest BCUT2D eigenvalue weighted by molar-refractivity contribution is 0.202. The third kappa shape index (κ3) is 2.93. The van der Waals surface area contributed by atoms with Gasteiger partial charge in [0.1, 0.15) is 0 Å². The van der Waals surface area contributed by atoms with Crippen LogP contribution in [-0.2, 0) is 19.4 Å². The Kier molecular flexibility index (Phi) is 4.79. The predicted octanol–water partition coefficient (Wildman–Crippen LogP) is 2.77. The molecule has 0 fully saturated rings. The molecule has 0 heterocycles. The second kappa shape index (κ2) is 6.35. The summed E-state index contributed by atoms with van der Waals surface area (Å²) < 4.78 is 0. The first kappa shape index (κ1) is 13.6. The zero-order chi connectivity index (χ0) is 13.0. The Bertz CT molecular complexity index is 383. The van der Waals surface area contributed by atoms with Gasteiger partial charge in [0.05, 0.1) is 6.61 Å². The van der Waals surface area contributed by atoms with Crippen LogP contribution in [0.1, 0.15) is 43.4 Å². The molecule has 1 aromatic carbocycles. The van der Waals surface area contributed by atoms with Crippen LogP contribution >= 0.6 is 0 Å². The van der Waals surface area contributed by atoms with Crippen LogP contribution in [-0.4, -0.2) is 29.1 Å². The fraction of sp³-hybridized carbons (Fsp3) is 0.625. The number of hydrogen-bond acceptors (Lipinski definition) is 2. The predicted molar refractivity (Wildman–Crippen MR) is 75.7 cm³/mol. The highest BCUT2D eigenvalue weighted by Gasteiger charge is 2.25. The van der Waals surface area contributed by atoms with Gasteiger partial charge in [0.25, 0.3) is 0 Å². The third-order valence-electron chi connectivity index (χ3n) is 3.90. The van der Waals surface area contributed by atoms with Gasteiger partial charge in [0.15, 0.2) is 0 Å². The Labute approximate surface area is 111 Å². The van der Waals surface area contributed by atoms with Crippen LogP contribution in [0.4, 0.5) is 0 Å². The van der Waals surface area contributed by atoms with Gasteiger partial charge in [0, 0.05) is 6.04 Å². The van der Waals surface area contributed by atoms with Gasteiger partial charge < -0.3 is 5.11 Å². The van der Waals surface area contributed by atoms with Crippen molar-refractivity contribution < 1.29 is 5.11 Å². The molecule has 2 heteroatoms. The van der Waals surface area contributed by atoms with E-state index in [0.29, 0.717) is 6.04 Å². The summed E-state index contributed by atoms with van der Waals surface area (Å²) in [7, 11) is 0. The van der Waals surface area contributed by atoms with Crippen LogP contribution in [0.2, 0.25) is 0 Å². The van der Waals surface area contributed by atoms with Crippen molar-refractivity contribution in [2.45, 2.75) is 52.2 Å². The summed E-state index contributed by atoms with van der Waals surface area (Å²) >= 11 is 0. The van der Waals surface area contributed by atoms with Gasteiger partial charge in [-0.1, -0.05) is 32.0 Å². The van der Waals surface area contributed by atoms with Gasteiger partial charge in [-0.25, -0.2) is 0 Å². The van der Waals surface area contributed by atoms with Gasteiger partial charge in [-0.05, 0) is 55.5 Å². The summed E-state index contributed by atoms with van der Waals surface area (Å²) in [5.41, 5.74) is 3.98. The smallest absolute Gasteiger partial charge is 0.0681 e. The number of nitrogens with zero attached hydrogens (tertiary/aromatic N) is 1. The van der Waals surface area contributed by atoms with Crippen molar-refractivity contribution in [2.75, 3.05) is 13.1 Å². The van der Waals surface area contributed by atoms with E-state index >= 15 is 0 Å². The molecule has 100 valence electrons. The molecule has 2 nitrogen and oxygen atoms in total. The van der Waals surface area contributed by atoms with E-state index in [-0.39, 0.29) is 6.61 Å². The van der Waals surface area contributed by atoms with Crippen molar-refractivity contribution in [2.24, 2.45) is 0 Å². The molecule has 1 aliphatic carbocycles. The van der Waals surface area contributed by atoms with Crippen LogP contribution in [0.3, 0.4) is 0 Å². The van der Waals surface area contributed by atoms with Gasteiger partial charge >= 0.3 is 0 Å². The summed E-state index contributed by atoms with van der Waals surface area (Å²) in [4.78, 5) is 2.64. The average molecular weight is 247 g/mol. The Morgan fingerprint density at radius 2 is 1.78 bits per heavy atom. The van der Waals surface area contributed by atoms with Crippen LogP contribution in [0.5, 0.6) is 0 Å². The second-order valence-electron chi connectivity index (χ2n) is 5.36. The summed E-state index contributed by atoms with van der Waals surface area (Å²) in [5.74, 6) is 0. The number of aliphatic hydroxyl groups excluding tert-OH is 1. The number of hydrogen-bond donors (Lipinski definition) is 1. The van der Waals surface area contributed by atoms with Gasteiger partial charge in [-0.15, -0.1) is 0 Å². The van der Waals surface area contributed by atoms with E-state index in [0.717, 1.165) is 12.0 Å². The molecule has 0 aliphatic heterocycles. The molecule has 0 bridgehead atoms. The quantitative estimate of drug-likeness (QED) is 0.835. The van der Waals surface area contributed by atoms with E-state index < -0.39 is 0 Å². The Hall–Kier alpha value is -0.860. The molecule has 0 spiro atoms. The highest BCUT2D eigenvalue weighted by molar-refractivity contribution is 5.37. The molecule has 1 atom stereocenters. The van der Waals surface area contributed by atoms with Crippen molar-refractivity contribution in [1.29, 1.82) is 0 Å². The molecule has 18 heavy (non-hydrogen) atoms. The molecular formula is C16H25NO. The lowest BCUT2D eigenvalue weighted by Crippen LogP contribution is -2.37. The largest absolute Gasteiger partial charge is 0.392 e. The number of fused-ring (bicyclic) bond motifs is 1. The molecule has 0 radical (unpaired) electrons. The van der Waals surface area contributed by atoms with Crippen LogP contribution in [0.15, 0.2) is 18.2 Å². The SMILES string of the molecule is CCCN(CCC)[C@@H]1Cc2ccc(CO)cc2C1. The summed E-state index contributed by atoms with van der Waals surface area (Å²) in [5, 5.41) is 9.20. The van der Waals surface area contributed by atoms with Crippen molar-refractivity contribution in [1.82, 2.24) is 4.90 Å². The fourth-order valence-corrected chi connectivity index (χ4v) is 3.06.